The van der Waals surface area contributed by atoms with E-state index in [1.807, 2.05) is 0 Å². The third-order valence-electron chi connectivity index (χ3n) is 4.04. The molecule has 2 aromatic heterocycles. The van der Waals surface area contributed by atoms with Crippen LogP contribution in [-0.2, 0) is 19.4 Å². The first-order chi connectivity index (χ1) is 13.0. The molecule has 0 bridgehead atoms. The van der Waals surface area contributed by atoms with E-state index in [-0.39, 0.29) is 18.0 Å². The van der Waals surface area contributed by atoms with Crippen molar-refractivity contribution < 1.29 is 23.6 Å². The van der Waals surface area contributed by atoms with E-state index in [0.717, 1.165) is 23.4 Å². The van der Waals surface area contributed by atoms with Crippen molar-refractivity contribution in [2.45, 2.75) is 32.8 Å². The van der Waals surface area contributed by atoms with Crippen molar-refractivity contribution in [3.8, 4) is 5.75 Å². The van der Waals surface area contributed by atoms with Crippen LogP contribution in [0.15, 0.2) is 47.2 Å². The third-order valence-corrected chi connectivity index (χ3v) is 4.04. The molecule has 1 aromatic carbocycles. The quantitative estimate of drug-likeness (QED) is 0.646. The van der Waals surface area contributed by atoms with Crippen LogP contribution in [0.4, 0.5) is 4.39 Å². The Morgan fingerprint density at radius 2 is 2.00 bits per heavy atom. The van der Waals surface area contributed by atoms with E-state index in [4.69, 9.17) is 14.4 Å². The highest BCUT2D eigenvalue weighted by molar-refractivity contribution is 5.87. The molecule has 0 aliphatic carbocycles. The van der Waals surface area contributed by atoms with Gasteiger partial charge in [0.1, 0.15) is 24.4 Å². The first kappa shape index (κ1) is 18.6. The van der Waals surface area contributed by atoms with Gasteiger partial charge in [0.15, 0.2) is 0 Å². The number of carboxylic acids is 1. The van der Waals surface area contributed by atoms with Crippen molar-refractivity contribution in [1.29, 1.82) is 0 Å². The van der Waals surface area contributed by atoms with Gasteiger partial charge in [-0.05, 0) is 62.6 Å². The predicted octanol–water partition coefficient (Wildman–Crippen LogP) is 3.97. The van der Waals surface area contributed by atoms with E-state index in [9.17, 15) is 9.18 Å². The van der Waals surface area contributed by atoms with Crippen LogP contribution in [0.1, 0.15) is 39.4 Å². The molecule has 0 spiro atoms. The smallest absolute Gasteiger partial charge is 0.335 e. The van der Waals surface area contributed by atoms with Crippen molar-refractivity contribution in [2.24, 2.45) is 0 Å². The highest BCUT2D eigenvalue weighted by Gasteiger charge is 2.11. The molecule has 7 heteroatoms. The van der Waals surface area contributed by atoms with Gasteiger partial charge in [-0.25, -0.2) is 9.18 Å². The van der Waals surface area contributed by atoms with Crippen LogP contribution in [-0.4, -0.2) is 21.2 Å². The van der Waals surface area contributed by atoms with E-state index in [0.29, 0.717) is 24.3 Å². The molecular formula is C20H19FN2O4. The lowest BCUT2D eigenvalue weighted by Crippen LogP contribution is -2.03. The number of aryl methyl sites for hydroxylation is 3. The SMILES string of the molecule is Cc1cc(C(=O)O)cc(CCCc2nocc2COc2ccc(F)cc2)n1. The highest BCUT2D eigenvalue weighted by Crippen LogP contribution is 2.17. The molecule has 140 valence electrons. The first-order valence-corrected chi connectivity index (χ1v) is 8.52. The summed E-state index contributed by atoms with van der Waals surface area (Å²) in [7, 11) is 0. The molecule has 0 fully saturated rings. The van der Waals surface area contributed by atoms with Crippen molar-refractivity contribution in [2.75, 3.05) is 0 Å². The Bertz CT molecular complexity index is 922. The molecule has 0 unspecified atom stereocenters. The van der Waals surface area contributed by atoms with Crippen molar-refractivity contribution in [3.63, 3.8) is 0 Å². The van der Waals surface area contributed by atoms with Gasteiger partial charge in [0.2, 0.25) is 0 Å². The zero-order valence-electron chi connectivity index (χ0n) is 14.8. The fourth-order valence-electron chi connectivity index (χ4n) is 2.72. The molecule has 3 aromatic rings. The number of ether oxygens (including phenoxy) is 1. The standard InChI is InChI=1S/C20H19FN2O4/c1-13-9-14(20(24)25)10-17(22-13)3-2-4-19-15(12-27-23-19)11-26-18-7-5-16(21)6-8-18/h5-10,12H,2-4,11H2,1H3,(H,24,25). The molecule has 0 aliphatic rings. The van der Waals surface area contributed by atoms with Crippen molar-refractivity contribution >= 4 is 5.97 Å². The minimum atomic E-state index is -0.960. The van der Waals surface area contributed by atoms with Gasteiger partial charge < -0.3 is 14.4 Å². The lowest BCUT2D eigenvalue weighted by Gasteiger charge is -2.06. The van der Waals surface area contributed by atoms with Gasteiger partial charge in [-0.3, -0.25) is 4.98 Å². The van der Waals surface area contributed by atoms with Crippen molar-refractivity contribution in [1.82, 2.24) is 10.1 Å². The van der Waals surface area contributed by atoms with Gasteiger partial charge >= 0.3 is 5.97 Å². The summed E-state index contributed by atoms with van der Waals surface area (Å²) in [5.41, 5.74) is 3.26. The minimum absolute atomic E-state index is 0.243. The van der Waals surface area contributed by atoms with Crippen LogP contribution in [0.25, 0.3) is 0 Å². The molecule has 1 N–H and O–H groups in total. The van der Waals surface area contributed by atoms with E-state index in [1.54, 1.807) is 31.2 Å². The molecule has 0 atom stereocenters. The predicted molar refractivity (Wildman–Crippen MR) is 95.2 cm³/mol. The molecular weight excluding hydrogens is 351 g/mol. The van der Waals surface area contributed by atoms with E-state index >= 15 is 0 Å². The molecule has 0 saturated carbocycles. The number of halogens is 1. The molecule has 0 amide bonds. The molecule has 27 heavy (non-hydrogen) atoms. The number of carboxylic acid groups (broad SMARTS) is 1. The average Bonchev–Trinajstić information content (AvgIpc) is 3.08. The van der Waals surface area contributed by atoms with Crippen molar-refractivity contribution in [3.05, 3.63) is 76.7 Å². The summed E-state index contributed by atoms with van der Waals surface area (Å²) < 4.78 is 23.6. The van der Waals surface area contributed by atoms with Crippen LogP contribution in [0.2, 0.25) is 0 Å². The summed E-state index contributed by atoms with van der Waals surface area (Å²) in [5.74, 6) is -0.712. The second-order valence-electron chi connectivity index (χ2n) is 6.18. The summed E-state index contributed by atoms with van der Waals surface area (Å²) in [6.45, 7) is 2.05. The number of benzene rings is 1. The van der Waals surface area contributed by atoms with Gasteiger partial charge in [-0.1, -0.05) is 5.16 Å². The number of aromatic carboxylic acids is 1. The lowest BCUT2D eigenvalue weighted by molar-refractivity contribution is 0.0696. The normalized spacial score (nSPS) is 10.7. The third kappa shape index (κ3) is 5.13. The Labute approximate surface area is 155 Å². The van der Waals surface area contributed by atoms with Gasteiger partial charge in [-0.15, -0.1) is 0 Å². The largest absolute Gasteiger partial charge is 0.489 e. The van der Waals surface area contributed by atoms with Crippen LogP contribution >= 0.6 is 0 Å². The maximum absolute atomic E-state index is 12.9. The number of hydrogen-bond acceptors (Lipinski definition) is 5. The molecule has 0 aliphatic heterocycles. The fourth-order valence-corrected chi connectivity index (χ4v) is 2.72. The monoisotopic (exact) mass is 370 g/mol. The number of carbonyl (C=O) groups is 1. The average molecular weight is 370 g/mol. The highest BCUT2D eigenvalue weighted by atomic mass is 19.1. The summed E-state index contributed by atoms with van der Waals surface area (Å²) in [5, 5.41) is 13.1. The zero-order chi connectivity index (χ0) is 19.2. The fraction of sp³-hybridized carbons (Fsp3) is 0.250. The first-order valence-electron chi connectivity index (χ1n) is 8.52. The molecule has 0 radical (unpaired) electrons. The molecule has 6 nitrogen and oxygen atoms in total. The van der Waals surface area contributed by atoms with E-state index < -0.39 is 5.97 Å². The Kier molecular flexibility index (Phi) is 5.80. The zero-order valence-corrected chi connectivity index (χ0v) is 14.8. The molecule has 3 rings (SSSR count). The van der Waals surface area contributed by atoms with Crippen LogP contribution in [0.3, 0.4) is 0 Å². The number of rotatable bonds is 8. The van der Waals surface area contributed by atoms with Gasteiger partial charge in [0.05, 0.1) is 16.8 Å². The number of hydrogen-bond donors (Lipinski definition) is 1. The second-order valence-corrected chi connectivity index (χ2v) is 6.18. The van der Waals surface area contributed by atoms with Gasteiger partial charge in [-0.2, -0.15) is 0 Å². The maximum atomic E-state index is 12.9. The summed E-state index contributed by atoms with van der Waals surface area (Å²) in [6.07, 6.45) is 3.56. The van der Waals surface area contributed by atoms with Crippen LogP contribution in [0, 0.1) is 12.7 Å². The Morgan fingerprint density at radius 1 is 1.22 bits per heavy atom. The topological polar surface area (TPSA) is 85.5 Å². The van der Waals surface area contributed by atoms with Gasteiger partial charge in [0, 0.05) is 11.4 Å². The van der Waals surface area contributed by atoms with E-state index in [1.165, 1.54) is 18.4 Å². The number of nitrogens with zero attached hydrogens (tertiary/aromatic N) is 2. The van der Waals surface area contributed by atoms with Gasteiger partial charge in [0.25, 0.3) is 0 Å². The Morgan fingerprint density at radius 3 is 2.74 bits per heavy atom. The lowest BCUT2D eigenvalue weighted by atomic mass is 10.1. The maximum Gasteiger partial charge on any atom is 0.335 e. The Balaban J connectivity index is 1.56. The van der Waals surface area contributed by atoms with Crippen LogP contribution in [0.5, 0.6) is 5.75 Å². The van der Waals surface area contributed by atoms with E-state index in [2.05, 4.69) is 10.1 Å². The summed E-state index contributed by atoms with van der Waals surface area (Å²) >= 11 is 0. The summed E-state index contributed by atoms with van der Waals surface area (Å²) in [6, 6.07) is 8.94. The molecule has 0 saturated heterocycles. The number of aromatic nitrogens is 2. The molecule has 2 heterocycles. The second kappa shape index (κ2) is 8.44. The number of pyridine rings is 1. The van der Waals surface area contributed by atoms with Crippen LogP contribution < -0.4 is 4.74 Å². The Hall–Kier alpha value is -3.22. The summed E-state index contributed by atoms with van der Waals surface area (Å²) in [4.78, 5) is 15.5. The minimum Gasteiger partial charge on any atom is -0.489 e.